The van der Waals surface area contributed by atoms with Gasteiger partial charge in [-0.2, -0.15) is 4.31 Å². The number of aromatic nitrogens is 3. The summed E-state index contributed by atoms with van der Waals surface area (Å²) in [7, 11) is -0.424. The van der Waals surface area contributed by atoms with Gasteiger partial charge >= 0.3 is 0 Å². The van der Waals surface area contributed by atoms with Gasteiger partial charge in [0.2, 0.25) is 5.88 Å². The Morgan fingerprint density at radius 1 is 1.15 bits per heavy atom. The van der Waals surface area contributed by atoms with Crippen molar-refractivity contribution in [3.63, 3.8) is 0 Å². The van der Waals surface area contributed by atoms with Crippen LogP contribution in [0.2, 0.25) is 0 Å². The van der Waals surface area contributed by atoms with E-state index in [1.165, 1.54) is 30.1 Å². The fraction of sp³-hybridized carbons (Fsp3) is 0.438. The van der Waals surface area contributed by atoms with Crippen LogP contribution in [0.3, 0.4) is 0 Å². The molecule has 9 nitrogen and oxygen atoms in total. The van der Waals surface area contributed by atoms with E-state index in [0.29, 0.717) is 37.5 Å². The first-order chi connectivity index (χ1) is 12.4. The second kappa shape index (κ2) is 7.42. The van der Waals surface area contributed by atoms with Crippen LogP contribution in [0.4, 0.5) is 0 Å². The minimum Gasteiger partial charge on any atom is -0.481 e. The second-order valence-corrected chi connectivity index (χ2v) is 7.90. The zero-order valence-electron chi connectivity index (χ0n) is 14.7. The van der Waals surface area contributed by atoms with E-state index in [9.17, 15) is 13.2 Å². The van der Waals surface area contributed by atoms with E-state index in [4.69, 9.17) is 4.74 Å². The van der Waals surface area contributed by atoms with Crippen LogP contribution in [0.25, 0.3) is 0 Å². The third-order valence-corrected chi connectivity index (χ3v) is 6.00. The number of rotatable bonds is 4. The normalized spacial score (nSPS) is 16.3. The summed E-state index contributed by atoms with van der Waals surface area (Å²) in [5.41, 5.74) is 0.451. The molecule has 3 rings (SSSR count). The van der Waals surface area contributed by atoms with Gasteiger partial charge in [0.25, 0.3) is 15.9 Å². The summed E-state index contributed by atoms with van der Waals surface area (Å²) < 4.78 is 33.4. The molecule has 3 heterocycles. The average molecular weight is 379 g/mol. The van der Waals surface area contributed by atoms with Crippen molar-refractivity contribution in [3.8, 4) is 5.88 Å². The number of methoxy groups -OCH3 is 1. The number of nitrogens with zero attached hydrogens (tertiary/aromatic N) is 5. The minimum absolute atomic E-state index is 0.0270. The molecule has 1 aliphatic heterocycles. The van der Waals surface area contributed by atoms with Gasteiger partial charge in [-0.1, -0.05) is 0 Å². The highest BCUT2D eigenvalue weighted by atomic mass is 32.2. The summed E-state index contributed by atoms with van der Waals surface area (Å²) in [5.74, 6) is 0.266. The number of hydrogen-bond donors (Lipinski definition) is 0. The zero-order valence-corrected chi connectivity index (χ0v) is 15.5. The Labute approximate surface area is 152 Å². The number of carbonyl (C=O) groups excluding carboxylic acids is 1. The van der Waals surface area contributed by atoms with Crippen molar-refractivity contribution in [2.75, 3.05) is 33.3 Å². The number of ether oxygens (including phenoxy) is 1. The van der Waals surface area contributed by atoms with Gasteiger partial charge in [0.15, 0.2) is 5.03 Å². The lowest BCUT2D eigenvalue weighted by Gasteiger charge is -2.21. The molecule has 2 aromatic heterocycles. The molecule has 0 radical (unpaired) electrons. The van der Waals surface area contributed by atoms with Crippen molar-refractivity contribution in [1.29, 1.82) is 0 Å². The molecule has 0 aliphatic carbocycles. The average Bonchev–Trinajstić information content (AvgIpc) is 2.94. The fourth-order valence-corrected chi connectivity index (χ4v) is 4.24. The third kappa shape index (κ3) is 3.70. The molecule has 0 unspecified atom stereocenters. The molecule has 0 bridgehead atoms. The Balaban J connectivity index is 1.70. The van der Waals surface area contributed by atoms with Gasteiger partial charge in [0.1, 0.15) is 0 Å². The van der Waals surface area contributed by atoms with Gasteiger partial charge in [-0.15, -0.1) is 0 Å². The molecule has 2 aromatic rings. The fourth-order valence-electron chi connectivity index (χ4n) is 2.80. The Morgan fingerprint density at radius 3 is 2.58 bits per heavy atom. The predicted molar refractivity (Wildman–Crippen MR) is 93.3 cm³/mol. The lowest BCUT2D eigenvalue weighted by atomic mass is 10.2. The van der Waals surface area contributed by atoms with Gasteiger partial charge in [0.05, 0.1) is 19.0 Å². The molecule has 1 saturated heterocycles. The van der Waals surface area contributed by atoms with Gasteiger partial charge in [-0.3, -0.25) is 4.79 Å². The third-order valence-electron chi connectivity index (χ3n) is 4.22. The van der Waals surface area contributed by atoms with E-state index in [-0.39, 0.29) is 17.5 Å². The Kier molecular flexibility index (Phi) is 5.23. The van der Waals surface area contributed by atoms with Gasteiger partial charge in [-0.05, 0) is 12.5 Å². The molecule has 1 aliphatic rings. The van der Waals surface area contributed by atoms with Crippen LogP contribution in [0.1, 0.15) is 16.8 Å². The van der Waals surface area contributed by atoms with Crippen LogP contribution in [-0.4, -0.2) is 71.4 Å². The van der Waals surface area contributed by atoms with Crippen LogP contribution in [0, 0.1) is 0 Å². The largest absolute Gasteiger partial charge is 0.481 e. The molecule has 0 N–H and O–H groups in total. The van der Waals surface area contributed by atoms with Gasteiger partial charge in [0, 0.05) is 51.7 Å². The van der Waals surface area contributed by atoms with Crippen LogP contribution >= 0.6 is 0 Å². The monoisotopic (exact) mass is 379 g/mol. The molecule has 140 valence electrons. The Morgan fingerprint density at radius 2 is 1.96 bits per heavy atom. The number of amides is 1. The van der Waals surface area contributed by atoms with Gasteiger partial charge in [-0.25, -0.2) is 18.4 Å². The van der Waals surface area contributed by atoms with E-state index in [1.807, 2.05) is 0 Å². The molecular weight excluding hydrogens is 358 g/mol. The van der Waals surface area contributed by atoms with E-state index in [2.05, 4.69) is 9.97 Å². The van der Waals surface area contributed by atoms with E-state index in [0.717, 1.165) is 0 Å². The second-order valence-electron chi connectivity index (χ2n) is 6.02. The molecule has 26 heavy (non-hydrogen) atoms. The van der Waals surface area contributed by atoms with Crippen molar-refractivity contribution in [2.24, 2.45) is 7.05 Å². The number of carbonyl (C=O) groups is 1. The van der Waals surface area contributed by atoms with Crippen molar-refractivity contribution >= 4 is 15.9 Å². The summed E-state index contributed by atoms with van der Waals surface area (Å²) in [6, 6.07) is 3.28. The van der Waals surface area contributed by atoms with Crippen molar-refractivity contribution < 1.29 is 17.9 Å². The number of hydrogen-bond acceptors (Lipinski definition) is 6. The summed E-state index contributed by atoms with van der Waals surface area (Å²) in [5, 5.41) is 0.0270. The molecule has 0 aromatic carbocycles. The predicted octanol–water partition coefficient (Wildman–Crippen LogP) is 0.361. The highest BCUT2D eigenvalue weighted by Crippen LogP contribution is 2.17. The number of imidazole rings is 1. The number of aryl methyl sites for hydroxylation is 1. The van der Waals surface area contributed by atoms with E-state index in [1.54, 1.807) is 28.6 Å². The lowest BCUT2D eigenvalue weighted by molar-refractivity contribution is 0.0763. The smallest absolute Gasteiger partial charge is 0.262 e. The molecule has 10 heteroatoms. The van der Waals surface area contributed by atoms with Crippen molar-refractivity contribution in [1.82, 2.24) is 23.7 Å². The Bertz CT molecular complexity index is 878. The lowest BCUT2D eigenvalue weighted by Crippen LogP contribution is -2.37. The minimum atomic E-state index is -3.65. The maximum absolute atomic E-state index is 12.7. The van der Waals surface area contributed by atoms with Crippen molar-refractivity contribution in [3.05, 3.63) is 36.4 Å². The molecule has 1 amide bonds. The first-order valence-corrected chi connectivity index (χ1v) is 9.63. The maximum Gasteiger partial charge on any atom is 0.262 e. The molecule has 1 fully saturated rings. The summed E-state index contributed by atoms with van der Waals surface area (Å²) >= 11 is 0. The Hall–Kier alpha value is -2.46. The summed E-state index contributed by atoms with van der Waals surface area (Å²) in [6.07, 6.45) is 4.96. The quantitative estimate of drug-likeness (QED) is 0.761. The first kappa shape index (κ1) is 18.3. The topological polar surface area (TPSA) is 97.6 Å². The van der Waals surface area contributed by atoms with Crippen LogP contribution in [-0.2, 0) is 17.1 Å². The van der Waals surface area contributed by atoms with Crippen LogP contribution in [0.15, 0.2) is 35.9 Å². The van der Waals surface area contributed by atoms with Gasteiger partial charge < -0.3 is 14.2 Å². The number of sulfonamides is 1. The van der Waals surface area contributed by atoms with Crippen molar-refractivity contribution in [2.45, 2.75) is 11.4 Å². The maximum atomic E-state index is 12.7. The SMILES string of the molecule is COc1ccc(C(=O)N2CCCN(S(=O)(=O)c3cn(C)cn3)CC2)cn1. The highest BCUT2D eigenvalue weighted by Gasteiger charge is 2.30. The zero-order chi connectivity index (χ0) is 18.7. The van der Waals surface area contributed by atoms with Crippen LogP contribution in [0.5, 0.6) is 5.88 Å². The molecule has 0 atom stereocenters. The summed E-state index contributed by atoms with van der Waals surface area (Å²) in [4.78, 5) is 22.3. The van der Waals surface area contributed by atoms with E-state index < -0.39 is 10.0 Å². The molecular formula is C16H21N5O4S. The summed E-state index contributed by atoms with van der Waals surface area (Å²) in [6.45, 7) is 1.38. The molecule has 0 saturated carbocycles. The van der Waals surface area contributed by atoms with E-state index >= 15 is 0 Å². The standard InChI is InChI=1S/C16H21N5O4S/c1-19-11-15(18-12-19)26(23,24)21-7-3-6-20(8-9-21)16(22)13-4-5-14(25-2)17-10-13/h4-5,10-12H,3,6-9H2,1-2H3. The highest BCUT2D eigenvalue weighted by molar-refractivity contribution is 7.89. The molecule has 0 spiro atoms. The number of pyridine rings is 1. The van der Waals surface area contributed by atoms with Crippen LogP contribution < -0.4 is 4.74 Å². The first-order valence-electron chi connectivity index (χ1n) is 8.19.